The molecule has 0 spiro atoms. The number of pyridine rings is 1. The molecule has 3 aliphatic rings. The molecule has 0 atom stereocenters. The summed E-state index contributed by atoms with van der Waals surface area (Å²) < 4.78 is 0. The Morgan fingerprint density at radius 3 is 1.85 bits per heavy atom. The highest BCUT2D eigenvalue weighted by molar-refractivity contribution is 7.21. The van der Waals surface area contributed by atoms with Crippen LogP contribution < -0.4 is 30.7 Å². The predicted molar refractivity (Wildman–Crippen MR) is 235 cm³/mol. The van der Waals surface area contributed by atoms with Gasteiger partial charge in [0.2, 0.25) is 8.07 Å². The zero-order valence-electron chi connectivity index (χ0n) is 33.8. The average Bonchev–Trinajstić information content (AvgIpc) is 3.73. The van der Waals surface area contributed by atoms with Crippen molar-refractivity contribution in [1.29, 1.82) is 0 Å². The van der Waals surface area contributed by atoms with Crippen molar-refractivity contribution >= 4 is 51.7 Å². The van der Waals surface area contributed by atoms with Crippen LogP contribution in [0, 0.1) is 0 Å². The molecule has 3 aliphatic heterocycles. The van der Waals surface area contributed by atoms with Crippen LogP contribution in [0.3, 0.4) is 0 Å². The molecular formula is C50H52N4Si. The Kier molecular flexibility index (Phi) is 7.90. The second kappa shape index (κ2) is 12.3. The van der Waals surface area contributed by atoms with Crippen LogP contribution in [0.25, 0.3) is 11.1 Å². The third-order valence-corrected chi connectivity index (χ3v) is 17.1. The van der Waals surface area contributed by atoms with Gasteiger partial charge >= 0.3 is 0 Å². The number of nitrogens with zero attached hydrogens (tertiary/aromatic N) is 4. The van der Waals surface area contributed by atoms with Crippen LogP contribution >= 0.6 is 0 Å². The predicted octanol–water partition coefficient (Wildman–Crippen LogP) is 9.32. The van der Waals surface area contributed by atoms with E-state index in [-0.39, 0.29) is 16.2 Å². The smallest absolute Gasteiger partial charge is 0.203 e. The molecule has 4 heterocycles. The molecule has 4 nitrogen and oxygen atoms in total. The first kappa shape index (κ1) is 35.3. The molecule has 0 aliphatic carbocycles. The Bertz CT molecular complexity index is 2440. The van der Waals surface area contributed by atoms with Crippen molar-refractivity contribution in [3.8, 4) is 11.1 Å². The summed E-state index contributed by atoms with van der Waals surface area (Å²) in [6, 6.07) is 46.7. The lowest BCUT2D eigenvalue weighted by atomic mass is 9.73. The van der Waals surface area contributed by atoms with E-state index in [2.05, 4.69) is 211 Å². The highest BCUT2D eigenvalue weighted by atomic mass is 28.3. The van der Waals surface area contributed by atoms with Crippen molar-refractivity contribution in [2.75, 3.05) is 23.5 Å². The summed E-state index contributed by atoms with van der Waals surface area (Å²) in [6.07, 6.45) is 6.31. The fourth-order valence-electron chi connectivity index (χ4n) is 9.32. The first-order valence-electron chi connectivity index (χ1n) is 19.7. The van der Waals surface area contributed by atoms with Crippen molar-refractivity contribution in [3.05, 3.63) is 162 Å². The number of para-hydroxylation sites is 1. The Balaban J connectivity index is 1.34. The zero-order valence-corrected chi connectivity index (χ0v) is 34.8. The van der Waals surface area contributed by atoms with E-state index in [0.29, 0.717) is 0 Å². The van der Waals surface area contributed by atoms with Gasteiger partial charge in [-0.3, -0.25) is 4.98 Å². The quantitative estimate of drug-likeness (QED) is 0.168. The first-order chi connectivity index (χ1) is 26.2. The largest absolute Gasteiger partial charge is 0.361 e. The maximum Gasteiger partial charge on any atom is 0.203 e. The third kappa shape index (κ3) is 5.42. The van der Waals surface area contributed by atoms with Crippen LogP contribution in [0.15, 0.2) is 140 Å². The van der Waals surface area contributed by atoms with E-state index >= 15 is 0 Å². The van der Waals surface area contributed by atoms with Crippen molar-refractivity contribution in [2.24, 2.45) is 0 Å². The number of hydrogen-bond donors (Lipinski definition) is 0. The van der Waals surface area contributed by atoms with E-state index in [9.17, 15) is 0 Å². The average molecular weight is 737 g/mol. The van der Waals surface area contributed by atoms with E-state index < -0.39 is 8.07 Å². The normalized spacial score (nSPS) is 16.5. The topological polar surface area (TPSA) is 22.6 Å². The summed E-state index contributed by atoms with van der Waals surface area (Å²) in [7, 11) is -0.797. The molecular weight excluding hydrogens is 685 g/mol. The Labute approximate surface area is 328 Å². The van der Waals surface area contributed by atoms with Crippen LogP contribution in [0.5, 0.6) is 0 Å². The summed E-state index contributed by atoms with van der Waals surface area (Å²) in [5.74, 6) is 0. The highest BCUT2D eigenvalue weighted by Gasteiger charge is 2.51. The van der Waals surface area contributed by atoms with Crippen LogP contribution in [0.1, 0.15) is 77.6 Å². The van der Waals surface area contributed by atoms with E-state index in [1.54, 1.807) is 0 Å². The molecule has 5 aromatic carbocycles. The van der Waals surface area contributed by atoms with Crippen molar-refractivity contribution < 1.29 is 0 Å². The monoisotopic (exact) mass is 736 g/mol. The molecule has 9 rings (SSSR count). The molecule has 0 unspecified atom stereocenters. The number of aromatic nitrogens is 1. The van der Waals surface area contributed by atoms with E-state index in [1.807, 2.05) is 6.20 Å². The fraction of sp³-hybridized carbons (Fsp3) is 0.260. The van der Waals surface area contributed by atoms with Gasteiger partial charge in [0.1, 0.15) is 0 Å². The zero-order chi connectivity index (χ0) is 38.5. The molecule has 6 aromatic rings. The van der Waals surface area contributed by atoms with Gasteiger partial charge in [0.15, 0.2) is 0 Å². The highest BCUT2D eigenvalue weighted by Crippen LogP contribution is 2.52. The van der Waals surface area contributed by atoms with Gasteiger partial charge in [-0.2, -0.15) is 0 Å². The standard InChI is InChI=1S/C50H52N4Si/c1-48(2,3)34-20-24-45-39(29-34)40-30-35(49(4,5)6)21-25-46(40)55(45,47-19-12-13-26-51-47)38-22-23-42-44(32-38)54(43-18-11-10-17-41(43)50(42,7)8)37-16-14-15-36(31-37)53-28-27-52(9)33-53/h10-32H,33H2,1-9H3. The second-order valence-electron chi connectivity index (χ2n) is 18.4. The number of anilines is 4. The molecule has 0 amide bonds. The minimum Gasteiger partial charge on any atom is -0.361 e. The summed E-state index contributed by atoms with van der Waals surface area (Å²) in [5.41, 5.74) is 12.8. The van der Waals surface area contributed by atoms with Gasteiger partial charge in [-0.25, -0.2) is 0 Å². The van der Waals surface area contributed by atoms with Gasteiger partial charge in [0, 0.05) is 47.8 Å². The van der Waals surface area contributed by atoms with Crippen molar-refractivity contribution in [1.82, 2.24) is 9.88 Å². The maximum absolute atomic E-state index is 5.30. The molecule has 1 aromatic heterocycles. The number of rotatable bonds is 4. The van der Waals surface area contributed by atoms with Crippen LogP contribution in [-0.4, -0.2) is 31.7 Å². The lowest BCUT2D eigenvalue weighted by Gasteiger charge is -2.43. The fourth-order valence-corrected chi connectivity index (χ4v) is 14.3. The summed E-state index contributed by atoms with van der Waals surface area (Å²) >= 11 is 0. The lowest BCUT2D eigenvalue weighted by molar-refractivity contribution is 0.496. The summed E-state index contributed by atoms with van der Waals surface area (Å²) in [6.45, 7) is 19.5. The van der Waals surface area contributed by atoms with Gasteiger partial charge in [0.05, 0.1) is 18.0 Å². The SMILES string of the molecule is CN1C=CN(c2cccc(N3c4ccccc4C(C)(C)c4ccc([Si]5(c6ccccn6)c6ccc(C(C)(C)C)cc6-c6cc(C(C)(C)C)ccc65)cc43)c2)C1. The maximum atomic E-state index is 5.30. The van der Waals surface area contributed by atoms with Crippen molar-refractivity contribution in [2.45, 2.75) is 71.6 Å². The van der Waals surface area contributed by atoms with Crippen LogP contribution in [0.2, 0.25) is 0 Å². The second-order valence-corrected chi connectivity index (χ2v) is 22.0. The van der Waals surface area contributed by atoms with Gasteiger partial charge in [0.25, 0.3) is 0 Å². The van der Waals surface area contributed by atoms with Crippen molar-refractivity contribution in [3.63, 3.8) is 0 Å². The first-order valence-corrected chi connectivity index (χ1v) is 21.7. The molecule has 0 N–H and O–H groups in total. The van der Waals surface area contributed by atoms with E-state index in [0.717, 1.165) is 12.4 Å². The van der Waals surface area contributed by atoms with Gasteiger partial charge in [-0.15, -0.1) is 0 Å². The molecule has 0 fully saturated rings. The lowest BCUT2D eigenvalue weighted by Crippen LogP contribution is -2.73. The van der Waals surface area contributed by atoms with Crippen LogP contribution in [-0.2, 0) is 16.2 Å². The number of fused-ring (bicyclic) bond motifs is 5. The van der Waals surface area contributed by atoms with E-state index in [1.165, 1.54) is 71.3 Å². The van der Waals surface area contributed by atoms with Gasteiger partial charge in [-0.1, -0.05) is 134 Å². The molecule has 0 bridgehead atoms. The molecule has 276 valence electrons. The minimum atomic E-state index is -2.92. The number of hydrogen-bond acceptors (Lipinski definition) is 4. The van der Waals surface area contributed by atoms with E-state index in [4.69, 9.17) is 4.98 Å². The number of benzene rings is 5. The Hall–Kier alpha value is -5.39. The summed E-state index contributed by atoms with van der Waals surface area (Å²) in [5, 5.41) is 5.39. The third-order valence-electron chi connectivity index (χ3n) is 12.4. The molecule has 0 saturated heterocycles. The van der Waals surface area contributed by atoms with Crippen LogP contribution in [0.4, 0.5) is 22.7 Å². The molecule has 55 heavy (non-hydrogen) atoms. The summed E-state index contributed by atoms with van der Waals surface area (Å²) in [4.78, 5) is 12.3. The Morgan fingerprint density at radius 2 is 1.24 bits per heavy atom. The Morgan fingerprint density at radius 1 is 0.600 bits per heavy atom. The molecule has 0 radical (unpaired) electrons. The molecule has 0 saturated carbocycles. The van der Waals surface area contributed by atoms with Gasteiger partial charge < -0.3 is 14.7 Å². The minimum absolute atomic E-state index is 0.0226. The molecule has 5 heteroatoms. The van der Waals surface area contributed by atoms with Gasteiger partial charge in [-0.05, 0) is 102 Å².